The van der Waals surface area contributed by atoms with Crippen molar-refractivity contribution in [3.63, 3.8) is 0 Å². The van der Waals surface area contributed by atoms with Gasteiger partial charge in [0, 0.05) is 11.3 Å². The van der Waals surface area contributed by atoms with Crippen LogP contribution < -0.4 is 5.43 Å². The molecule has 8 nitrogen and oxygen atoms in total. The average molecular weight is 335 g/mol. The Labute approximate surface area is 135 Å². The Kier molecular flexibility index (Phi) is 4.07. The molecule has 1 aliphatic carbocycles. The van der Waals surface area contributed by atoms with Gasteiger partial charge in [-0.05, 0) is 37.0 Å². The monoisotopic (exact) mass is 334 g/mol. The first kappa shape index (κ1) is 15.2. The van der Waals surface area contributed by atoms with Gasteiger partial charge in [-0.2, -0.15) is 5.10 Å². The van der Waals surface area contributed by atoms with Crippen molar-refractivity contribution in [1.29, 1.82) is 0 Å². The molecule has 118 valence electrons. The molecule has 0 aliphatic heterocycles. The molecular formula is C14H11ClN4O4. The van der Waals surface area contributed by atoms with Crippen LogP contribution in [-0.4, -0.2) is 22.0 Å². The van der Waals surface area contributed by atoms with E-state index in [0.717, 1.165) is 30.5 Å². The van der Waals surface area contributed by atoms with Gasteiger partial charge in [0.1, 0.15) is 10.1 Å². The van der Waals surface area contributed by atoms with Crippen LogP contribution >= 0.6 is 11.6 Å². The minimum Gasteiger partial charge on any atom is -0.400 e. The highest BCUT2D eigenvalue weighted by Gasteiger charge is 2.21. The minimum atomic E-state index is -0.655. The third-order valence-corrected chi connectivity index (χ3v) is 3.61. The predicted molar refractivity (Wildman–Crippen MR) is 81.7 cm³/mol. The lowest BCUT2D eigenvalue weighted by Gasteiger charge is -2.06. The number of amides is 1. The largest absolute Gasteiger partial charge is 0.433 e. The first-order valence-electron chi connectivity index (χ1n) is 6.80. The molecule has 0 saturated carbocycles. The van der Waals surface area contributed by atoms with E-state index in [4.69, 9.17) is 16.0 Å². The van der Waals surface area contributed by atoms with Crippen LogP contribution in [0.4, 0.5) is 5.88 Å². The number of fused-ring (bicyclic) bond motifs is 1. The maximum Gasteiger partial charge on any atom is 0.433 e. The highest BCUT2D eigenvalue weighted by molar-refractivity contribution is 6.29. The van der Waals surface area contributed by atoms with Crippen LogP contribution in [0.1, 0.15) is 33.8 Å². The Morgan fingerprint density at radius 2 is 2.30 bits per heavy atom. The number of hydrogen-bond donors (Lipinski definition) is 1. The second-order valence-corrected chi connectivity index (χ2v) is 5.29. The molecule has 0 atom stereocenters. The van der Waals surface area contributed by atoms with Gasteiger partial charge in [0.25, 0.3) is 5.91 Å². The molecular weight excluding hydrogens is 324 g/mol. The molecule has 1 aliphatic rings. The molecule has 0 fully saturated rings. The summed E-state index contributed by atoms with van der Waals surface area (Å²) in [6.45, 7) is 0. The van der Waals surface area contributed by atoms with E-state index in [0.29, 0.717) is 5.56 Å². The molecule has 23 heavy (non-hydrogen) atoms. The topological polar surface area (TPSA) is 111 Å². The fourth-order valence-corrected chi connectivity index (χ4v) is 2.65. The standard InChI is InChI=1S/C14H11ClN4O4/c15-12-6-10(9-2-1-3-11(9)17-12)14(20)18-16-7-8-4-5-13(23-8)19(21)22/h4-7H,1-3H2,(H,18,20)/b16-7+. The quantitative estimate of drug-likeness (QED) is 0.399. The summed E-state index contributed by atoms with van der Waals surface area (Å²) in [7, 11) is 0. The number of hydrazone groups is 1. The minimum absolute atomic E-state index is 0.162. The molecule has 0 bridgehead atoms. The summed E-state index contributed by atoms with van der Waals surface area (Å²) in [6, 6.07) is 4.10. The van der Waals surface area contributed by atoms with Crippen molar-refractivity contribution in [3.05, 3.63) is 56.0 Å². The van der Waals surface area contributed by atoms with Gasteiger partial charge >= 0.3 is 5.88 Å². The van der Waals surface area contributed by atoms with Crippen LogP contribution in [0.2, 0.25) is 5.15 Å². The Morgan fingerprint density at radius 3 is 3.04 bits per heavy atom. The van der Waals surface area contributed by atoms with Gasteiger partial charge in [0.15, 0.2) is 5.76 Å². The number of nitrogens with zero attached hydrogens (tertiary/aromatic N) is 3. The van der Waals surface area contributed by atoms with E-state index in [1.807, 2.05) is 0 Å². The summed E-state index contributed by atoms with van der Waals surface area (Å²) in [4.78, 5) is 26.3. The molecule has 1 N–H and O–H groups in total. The van der Waals surface area contributed by atoms with Gasteiger partial charge < -0.3 is 4.42 Å². The van der Waals surface area contributed by atoms with Crippen molar-refractivity contribution in [2.75, 3.05) is 0 Å². The van der Waals surface area contributed by atoms with Crippen molar-refractivity contribution in [2.24, 2.45) is 5.10 Å². The molecule has 0 unspecified atom stereocenters. The SMILES string of the molecule is O=C(N/N=C/c1ccc([N+](=O)[O-])o1)c1cc(Cl)nc2c1CCC2. The molecule has 0 aromatic carbocycles. The Bertz CT molecular complexity index is 815. The van der Waals surface area contributed by atoms with E-state index < -0.39 is 16.7 Å². The molecule has 0 spiro atoms. The lowest BCUT2D eigenvalue weighted by atomic mass is 10.1. The summed E-state index contributed by atoms with van der Waals surface area (Å²) in [5.41, 5.74) is 4.53. The molecule has 3 rings (SSSR count). The number of halogens is 1. The third kappa shape index (κ3) is 3.21. The Morgan fingerprint density at radius 1 is 1.48 bits per heavy atom. The van der Waals surface area contributed by atoms with E-state index in [2.05, 4.69) is 15.5 Å². The van der Waals surface area contributed by atoms with Gasteiger partial charge in [0.2, 0.25) is 0 Å². The number of hydrogen-bond acceptors (Lipinski definition) is 6. The van der Waals surface area contributed by atoms with Crippen molar-refractivity contribution in [1.82, 2.24) is 10.4 Å². The number of rotatable bonds is 4. The first-order chi connectivity index (χ1) is 11.0. The zero-order valence-electron chi connectivity index (χ0n) is 11.8. The highest BCUT2D eigenvalue weighted by Crippen LogP contribution is 2.26. The summed E-state index contributed by atoms with van der Waals surface area (Å²) >= 11 is 5.93. The zero-order valence-corrected chi connectivity index (χ0v) is 12.5. The summed E-state index contributed by atoms with van der Waals surface area (Å²) in [5, 5.41) is 14.5. The molecule has 0 saturated heterocycles. The van der Waals surface area contributed by atoms with Gasteiger partial charge in [0.05, 0.1) is 12.3 Å². The fraction of sp³-hybridized carbons (Fsp3) is 0.214. The summed E-state index contributed by atoms with van der Waals surface area (Å²) in [6.07, 6.45) is 3.70. The van der Waals surface area contributed by atoms with Crippen LogP contribution in [0.15, 0.2) is 27.7 Å². The number of aromatic nitrogens is 1. The fourth-order valence-electron chi connectivity index (χ4n) is 2.44. The smallest absolute Gasteiger partial charge is 0.400 e. The number of carbonyl (C=O) groups excluding carboxylic acids is 1. The van der Waals surface area contributed by atoms with Crippen LogP contribution in [0.25, 0.3) is 0 Å². The third-order valence-electron chi connectivity index (χ3n) is 3.41. The molecule has 2 aromatic heterocycles. The van der Waals surface area contributed by atoms with Crippen LogP contribution in [0.3, 0.4) is 0 Å². The molecule has 2 heterocycles. The van der Waals surface area contributed by atoms with Gasteiger partial charge in [-0.15, -0.1) is 0 Å². The number of furan rings is 1. The number of pyridine rings is 1. The summed E-state index contributed by atoms with van der Waals surface area (Å²) in [5.74, 6) is -0.642. The second-order valence-electron chi connectivity index (χ2n) is 4.90. The average Bonchev–Trinajstić information content (AvgIpc) is 3.14. The highest BCUT2D eigenvalue weighted by atomic mass is 35.5. The number of aryl methyl sites for hydroxylation is 1. The lowest BCUT2D eigenvalue weighted by molar-refractivity contribution is -0.402. The molecule has 0 radical (unpaired) electrons. The van der Waals surface area contributed by atoms with E-state index in [-0.39, 0.29) is 10.9 Å². The van der Waals surface area contributed by atoms with Crippen molar-refractivity contribution >= 4 is 29.6 Å². The van der Waals surface area contributed by atoms with E-state index in [1.165, 1.54) is 24.4 Å². The molecule has 1 amide bonds. The summed E-state index contributed by atoms with van der Waals surface area (Å²) < 4.78 is 4.89. The maximum atomic E-state index is 12.2. The lowest BCUT2D eigenvalue weighted by Crippen LogP contribution is -2.19. The van der Waals surface area contributed by atoms with Crippen molar-refractivity contribution in [3.8, 4) is 0 Å². The van der Waals surface area contributed by atoms with E-state index >= 15 is 0 Å². The van der Waals surface area contributed by atoms with Crippen LogP contribution in [0.5, 0.6) is 0 Å². The van der Waals surface area contributed by atoms with Gasteiger partial charge in [-0.25, -0.2) is 10.4 Å². The predicted octanol–water partition coefficient (Wildman–Crippen LogP) is 2.49. The zero-order chi connectivity index (χ0) is 16.4. The van der Waals surface area contributed by atoms with Crippen molar-refractivity contribution < 1.29 is 14.1 Å². The van der Waals surface area contributed by atoms with Gasteiger partial charge in [-0.3, -0.25) is 14.9 Å². The molecule has 9 heteroatoms. The Hall–Kier alpha value is -2.74. The maximum absolute atomic E-state index is 12.2. The van der Waals surface area contributed by atoms with Crippen molar-refractivity contribution in [2.45, 2.75) is 19.3 Å². The van der Waals surface area contributed by atoms with Crippen LogP contribution in [-0.2, 0) is 12.8 Å². The van der Waals surface area contributed by atoms with E-state index in [9.17, 15) is 14.9 Å². The number of nitro groups is 1. The molecule has 2 aromatic rings. The number of nitrogens with one attached hydrogen (secondary N) is 1. The van der Waals surface area contributed by atoms with Crippen LogP contribution in [0, 0.1) is 10.1 Å². The second kappa shape index (κ2) is 6.17. The Balaban J connectivity index is 1.72. The number of carbonyl (C=O) groups is 1. The first-order valence-corrected chi connectivity index (χ1v) is 7.18. The van der Waals surface area contributed by atoms with E-state index in [1.54, 1.807) is 0 Å². The van der Waals surface area contributed by atoms with Gasteiger partial charge in [-0.1, -0.05) is 11.6 Å². The normalized spacial score (nSPS) is 13.3.